The number of hydrogen-bond acceptors (Lipinski definition) is 4. The molecule has 1 heterocycles. The Morgan fingerprint density at radius 2 is 1.74 bits per heavy atom. The highest BCUT2D eigenvalue weighted by Gasteiger charge is 2.24. The number of aryl methyl sites for hydroxylation is 1. The summed E-state index contributed by atoms with van der Waals surface area (Å²) in [6.45, 7) is 10.1. The molecule has 3 rings (SSSR count). The molecule has 0 spiro atoms. The summed E-state index contributed by atoms with van der Waals surface area (Å²) >= 11 is 0. The predicted molar refractivity (Wildman–Crippen MR) is 127 cm³/mol. The number of methoxy groups -OCH3 is 1. The van der Waals surface area contributed by atoms with Gasteiger partial charge in [-0.05, 0) is 50.6 Å². The highest BCUT2D eigenvalue weighted by atomic mass is 16.5. The van der Waals surface area contributed by atoms with Crippen molar-refractivity contribution >= 4 is 22.5 Å². The van der Waals surface area contributed by atoms with Crippen molar-refractivity contribution in [2.24, 2.45) is 0 Å². The van der Waals surface area contributed by atoms with Crippen LogP contribution in [-0.2, 0) is 6.54 Å². The Hall–Kier alpha value is -2.86. The van der Waals surface area contributed by atoms with Gasteiger partial charge in [0.25, 0.3) is 5.91 Å². The van der Waals surface area contributed by atoms with Gasteiger partial charge >= 0.3 is 0 Å². The van der Waals surface area contributed by atoms with Gasteiger partial charge in [-0.1, -0.05) is 44.2 Å². The largest absolute Gasteiger partial charge is 0.494 e. The van der Waals surface area contributed by atoms with Gasteiger partial charge in [-0.2, -0.15) is 5.10 Å². The van der Waals surface area contributed by atoms with Gasteiger partial charge in [0.05, 0.1) is 13.7 Å². The maximum Gasteiger partial charge on any atom is 0.279 e. The van der Waals surface area contributed by atoms with E-state index in [1.807, 2.05) is 54.1 Å². The molecule has 0 saturated heterocycles. The number of carbonyl (C=O) groups is 1. The van der Waals surface area contributed by atoms with E-state index in [4.69, 9.17) is 9.84 Å². The Morgan fingerprint density at radius 3 is 2.39 bits per heavy atom. The molecule has 0 aliphatic rings. The van der Waals surface area contributed by atoms with E-state index in [-0.39, 0.29) is 5.91 Å². The highest BCUT2D eigenvalue weighted by molar-refractivity contribution is 6.13. The maximum atomic E-state index is 13.5. The van der Waals surface area contributed by atoms with E-state index in [0.717, 1.165) is 60.4 Å². The minimum absolute atomic E-state index is 0.120. The molecule has 0 saturated carbocycles. The van der Waals surface area contributed by atoms with Crippen LogP contribution in [0, 0.1) is 6.92 Å². The minimum atomic E-state index is -0.120. The van der Waals surface area contributed by atoms with Crippen LogP contribution in [0.2, 0.25) is 0 Å². The van der Waals surface area contributed by atoms with Crippen molar-refractivity contribution in [3.8, 4) is 5.75 Å². The molecule has 2 aromatic carbocycles. The lowest BCUT2D eigenvalue weighted by molar-refractivity contribution is 0.0988. The van der Waals surface area contributed by atoms with E-state index in [2.05, 4.69) is 18.7 Å². The van der Waals surface area contributed by atoms with Gasteiger partial charge < -0.3 is 14.5 Å². The monoisotopic (exact) mass is 422 g/mol. The number of anilines is 1. The van der Waals surface area contributed by atoms with Gasteiger partial charge in [0, 0.05) is 24.7 Å². The number of amides is 1. The number of rotatable bonds is 10. The maximum absolute atomic E-state index is 13.5. The van der Waals surface area contributed by atoms with Crippen molar-refractivity contribution in [1.29, 1.82) is 0 Å². The van der Waals surface area contributed by atoms with Crippen molar-refractivity contribution in [3.63, 3.8) is 0 Å². The zero-order valence-electron chi connectivity index (χ0n) is 19.4. The van der Waals surface area contributed by atoms with Crippen molar-refractivity contribution in [3.05, 3.63) is 53.7 Å². The highest BCUT2D eigenvalue weighted by Crippen LogP contribution is 2.30. The molecule has 0 radical (unpaired) electrons. The molecule has 0 aliphatic carbocycles. The summed E-state index contributed by atoms with van der Waals surface area (Å²) in [4.78, 5) is 17.6. The average Bonchev–Trinajstić information content (AvgIpc) is 3.16. The van der Waals surface area contributed by atoms with Crippen LogP contribution in [-0.4, -0.2) is 54.4 Å². The third-order valence-corrected chi connectivity index (χ3v) is 5.64. The van der Waals surface area contributed by atoms with E-state index in [0.29, 0.717) is 12.2 Å². The van der Waals surface area contributed by atoms with E-state index >= 15 is 0 Å². The Morgan fingerprint density at radius 1 is 1.03 bits per heavy atom. The molecule has 0 N–H and O–H groups in total. The lowest BCUT2D eigenvalue weighted by Crippen LogP contribution is -2.30. The van der Waals surface area contributed by atoms with Gasteiger partial charge in [-0.15, -0.1) is 0 Å². The number of para-hydroxylation sites is 2. The summed E-state index contributed by atoms with van der Waals surface area (Å²) in [7, 11) is 3.47. The Bertz CT molecular complexity index is 1020. The van der Waals surface area contributed by atoms with Gasteiger partial charge in [0.15, 0.2) is 5.69 Å². The van der Waals surface area contributed by atoms with Crippen LogP contribution >= 0.6 is 0 Å². The van der Waals surface area contributed by atoms with E-state index in [1.165, 1.54) is 0 Å². The lowest BCUT2D eigenvalue weighted by Gasteiger charge is -2.21. The second-order valence-electron chi connectivity index (χ2n) is 7.92. The van der Waals surface area contributed by atoms with Crippen LogP contribution in [0.1, 0.15) is 42.7 Å². The molecular weight excluding hydrogens is 388 g/mol. The molecule has 1 amide bonds. The summed E-state index contributed by atoms with van der Waals surface area (Å²) < 4.78 is 7.56. The van der Waals surface area contributed by atoms with Gasteiger partial charge in [0.1, 0.15) is 11.3 Å². The Balaban J connectivity index is 1.99. The fraction of sp³-hybridized carbons (Fsp3) is 0.440. The summed E-state index contributed by atoms with van der Waals surface area (Å²) in [5.74, 6) is 0.616. The summed E-state index contributed by atoms with van der Waals surface area (Å²) in [6, 6.07) is 13.7. The number of nitrogens with zero attached hydrogens (tertiary/aromatic N) is 4. The molecule has 1 aromatic heterocycles. The van der Waals surface area contributed by atoms with Crippen LogP contribution in [0.4, 0.5) is 5.69 Å². The fourth-order valence-electron chi connectivity index (χ4n) is 4.10. The fourth-order valence-corrected chi connectivity index (χ4v) is 4.10. The van der Waals surface area contributed by atoms with E-state index < -0.39 is 0 Å². The quantitative estimate of drug-likeness (QED) is 0.473. The third kappa shape index (κ3) is 4.90. The Labute approximate surface area is 185 Å². The average molecular weight is 423 g/mol. The van der Waals surface area contributed by atoms with Crippen LogP contribution in [0.3, 0.4) is 0 Å². The van der Waals surface area contributed by atoms with Crippen molar-refractivity contribution in [1.82, 2.24) is 14.7 Å². The number of aromatic nitrogens is 2. The molecule has 0 unspecified atom stereocenters. The summed E-state index contributed by atoms with van der Waals surface area (Å²) in [6.07, 6.45) is 2.24. The van der Waals surface area contributed by atoms with Crippen molar-refractivity contribution in [2.75, 3.05) is 38.7 Å². The standard InChI is InChI=1S/C25H34N4O2/c1-6-15-28(16-7-2)17-18-29-24-20(12-10-14-22(24)31-5)23(26-29)25(30)27(4)21-13-9-8-11-19(21)3/h8-14H,6-7,15-18H2,1-5H3. The smallest absolute Gasteiger partial charge is 0.279 e. The van der Waals surface area contributed by atoms with E-state index in [9.17, 15) is 4.79 Å². The molecule has 0 fully saturated rings. The molecular formula is C25H34N4O2. The summed E-state index contributed by atoms with van der Waals surface area (Å²) in [5, 5.41) is 5.61. The molecule has 3 aromatic rings. The van der Waals surface area contributed by atoms with Crippen LogP contribution in [0.25, 0.3) is 10.9 Å². The van der Waals surface area contributed by atoms with E-state index in [1.54, 1.807) is 19.1 Å². The Kier molecular flexibility index (Phi) is 7.69. The van der Waals surface area contributed by atoms with Crippen LogP contribution in [0.15, 0.2) is 42.5 Å². The van der Waals surface area contributed by atoms with Crippen LogP contribution in [0.5, 0.6) is 5.75 Å². The van der Waals surface area contributed by atoms with Crippen LogP contribution < -0.4 is 9.64 Å². The number of benzene rings is 2. The second-order valence-corrected chi connectivity index (χ2v) is 7.92. The zero-order chi connectivity index (χ0) is 22.4. The molecule has 6 nitrogen and oxygen atoms in total. The normalized spacial score (nSPS) is 11.3. The predicted octanol–water partition coefficient (Wildman–Crippen LogP) is 4.75. The van der Waals surface area contributed by atoms with Gasteiger partial charge in [0.2, 0.25) is 0 Å². The second kappa shape index (κ2) is 10.4. The molecule has 0 atom stereocenters. The topological polar surface area (TPSA) is 50.6 Å². The number of hydrogen-bond donors (Lipinski definition) is 0. The first-order valence-corrected chi connectivity index (χ1v) is 11.1. The third-order valence-electron chi connectivity index (χ3n) is 5.64. The summed E-state index contributed by atoms with van der Waals surface area (Å²) in [5.41, 5.74) is 3.27. The molecule has 0 aliphatic heterocycles. The van der Waals surface area contributed by atoms with Gasteiger partial charge in [-0.3, -0.25) is 9.48 Å². The first-order chi connectivity index (χ1) is 15.0. The first kappa shape index (κ1) is 22.8. The molecule has 6 heteroatoms. The number of ether oxygens (including phenoxy) is 1. The molecule has 31 heavy (non-hydrogen) atoms. The lowest BCUT2D eigenvalue weighted by atomic mass is 10.1. The van der Waals surface area contributed by atoms with Crippen molar-refractivity contribution in [2.45, 2.75) is 40.2 Å². The SMILES string of the molecule is CCCN(CCC)CCn1nc(C(=O)N(C)c2ccccc2C)c2cccc(OC)c21. The molecule has 166 valence electrons. The van der Waals surface area contributed by atoms with Gasteiger partial charge in [-0.25, -0.2) is 0 Å². The van der Waals surface area contributed by atoms with Crippen molar-refractivity contribution < 1.29 is 9.53 Å². The number of fused-ring (bicyclic) bond motifs is 1. The molecule has 0 bridgehead atoms. The first-order valence-electron chi connectivity index (χ1n) is 11.1. The number of carbonyl (C=O) groups excluding carboxylic acids is 1. The minimum Gasteiger partial charge on any atom is -0.494 e. The zero-order valence-corrected chi connectivity index (χ0v) is 19.4.